The van der Waals surface area contributed by atoms with Gasteiger partial charge in [-0.3, -0.25) is 0 Å². The van der Waals surface area contributed by atoms with E-state index in [2.05, 4.69) is 22.4 Å². The average Bonchev–Trinajstić information content (AvgIpc) is 3.10. The Morgan fingerprint density at radius 2 is 2.44 bits per heavy atom. The van der Waals surface area contributed by atoms with Crippen LogP contribution in [0.5, 0.6) is 0 Å². The monoisotopic (exact) mass is 263 g/mol. The van der Waals surface area contributed by atoms with Gasteiger partial charge in [0.05, 0.1) is 10.8 Å². The van der Waals surface area contributed by atoms with Gasteiger partial charge in [-0.05, 0) is 30.8 Å². The van der Waals surface area contributed by atoms with Gasteiger partial charge in [0.1, 0.15) is 0 Å². The summed E-state index contributed by atoms with van der Waals surface area (Å²) in [7, 11) is 0. The first-order valence-electron chi connectivity index (χ1n) is 6.49. The van der Waals surface area contributed by atoms with Crippen LogP contribution in [0.4, 0.5) is 0 Å². The van der Waals surface area contributed by atoms with Gasteiger partial charge in [0, 0.05) is 6.04 Å². The lowest BCUT2D eigenvalue weighted by Gasteiger charge is -2.16. The van der Waals surface area contributed by atoms with Crippen molar-refractivity contribution in [1.82, 2.24) is 15.5 Å². The first-order chi connectivity index (χ1) is 8.88. The molecule has 1 saturated carbocycles. The van der Waals surface area contributed by atoms with E-state index in [4.69, 9.17) is 4.52 Å². The summed E-state index contributed by atoms with van der Waals surface area (Å²) in [6, 6.07) is 4.52. The molecular weight excluding hydrogens is 246 g/mol. The van der Waals surface area contributed by atoms with Crippen molar-refractivity contribution in [3.05, 3.63) is 23.4 Å². The minimum atomic E-state index is 0.381. The molecule has 5 heteroatoms. The molecule has 0 bridgehead atoms. The van der Waals surface area contributed by atoms with Crippen LogP contribution in [-0.4, -0.2) is 22.7 Å². The summed E-state index contributed by atoms with van der Waals surface area (Å²) in [5.74, 6) is 1.90. The highest BCUT2D eigenvalue weighted by Crippen LogP contribution is 2.34. The number of aromatic nitrogens is 2. The van der Waals surface area contributed by atoms with Crippen LogP contribution in [0.3, 0.4) is 0 Å². The lowest BCUT2D eigenvalue weighted by molar-refractivity contribution is 0.332. The number of thiophene rings is 1. The topological polar surface area (TPSA) is 51.0 Å². The summed E-state index contributed by atoms with van der Waals surface area (Å²) in [4.78, 5) is 5.63. The molecule has 18 heavy (non-hydrogen) atoms. The van der Waals surface area contributed by atoms with E-state index in [1.165, 1.54) is 12.8 Å². The van der Waals surface area contributed by atoms with Crippen LogP contribution >= 0.6 is 11.3 Å². The Hall–Kier alpha value is -1.20. The Labute approximate surface area is 110 Å². The summed E-state index contributed by atoms with van der Waals surface area (Å²) in [6.45, 7) is 3.13. The molecule has 2 aromatic heterocycles. The normalized spacial score (nSPS) is 23.6. The van der Waals surface area contributed by atoms with Crippen molar-refractivity contribution in [1.29, 1.82) is 0 Å². The number of nitrogens with one attached hydrogen (secondary N) is 1. The second kappa shape index (κ2) is 5.20. The van der Waals surface area contributed by atoms with Crippen molar-refractivity contribution in [3.8, 4) is 10.7 Å². The van der Waals surface area contributed by atoms with E-state index in [1.807, 2.05) is 17.5 Å². The summed E-state index contributed by atoms with van der Waals surface area (Å²) < 4.78 is 5.45. The van der Waals surface area contributed by atoms with Crippen molar-refractivity contribution in [2.75, 3.05) is 6.54 Å². The fourth-order valence-electron chi connectivity index (χ4n) is 2.65. The summed E-state index contributed by atoms with van der Waals surface area (Å²) in [5, 5.41) is 9.64. The van der Waals surface area contributed by atoms with E-state index >= 15 is 0 Å². The number of rotatable bonds is 4. The maximum Gasteiger partial charge on any atom is 0.231 e. The molecule has 2 heterocycles. The Bertz CT molecular complexity index is 494. The van der Waals surface area contributed by atoms with E-state index in [0.29, 0.717) is 12.0 Å². The van der Waals surface area contributed by atoms with Crippen molar-refractivity contribution < 1.29 is 4.52 Å². The SMILES string of the molecule is CCNC1CCCC1c1nc(-c2cccs2)no1. The van der Waals surface area contributed by atoms with Crippen molar-refractivity contribution in [3.63, 3.8) is 0 Å². The smallest absolute Gasteiger partial charge is 0.231 e. The van der Waals surface area contributed by atoms with Crippen molar-refractivity contribution >= 4 is 11.3 Å². The third-order valence-electron chi connectivity index (χ3n) is 3.48. The van der Waals surface area contributed by atoms with Crippen LogP contribution < -0.4 is 5.32 Å². The molecule has 0 spiro atoms. The van der Waals surface area contributed by atoms with Crippen LogP contribution in [-0.2, 0) is 0 Å². The van der Waals surface area contributed by atoms with E-state index in [0.717, 1.165) is 29.6 Å². The van der Waals surface area contributed by atoms with Gasteiger partial charge in [0.2, 0.25) is 11.7 Å². The molecule has 1 N–H and O–H groups in total. The molecule has 96 valence electrons. The summed E-state index contributed by atoms with van der Waals surface area (Å²) in [6.07, 6.45) is 3.58. The van der Waals surface area contributed by atoms with Gasteiger partial charge in [-0.15, -0.1) is 11.3 Å². The van der Waals surface area contributed by atoms with E-state index < -0.39 is 0 Å². The molecule has 1 fully saturated rings. The van der Waals surface area contributed by atoms with Crippen molar-refractivity contribution in [2.45, 2.75) is 38.1 Å². The zero-order valence-electron chi connectivity index (χ0n) is 10.4. The molecule has 2 unspecified atom stereocenters. The van der Waals surface area contributed by atoms with Gasteiger partial charge in [0.25, 0.3) is 0 Å². The summed E-state index contributed by atoms with van der Waals surface area (Å²) >= 11 is 1.64. The standard InChI is InChI=1S/C13H17N3OS/c1-2-14-10-6-3-5-9(10)13-15-12(16-17-13)11-7-4-8-18-11/h4,7-10,14H,2-3,5-6H2,1H3. The predicted molar refractivity (Wildman–Crippen MR) is 71.7 cm³/mol. The second-order valence-electron chi connectivity index (χ2n) is 4.64. The maximum absolute atomic E-state index is 5.45. The highest BCUT2D eigenvalue weighted by molar-refractivity contribution is 7.13. The highest BCUT2D eigenvalue weighted by atomic mass is 32.1. The van der Waals surface area contributed by atoms with Gasteiger partial charge < -0.3 is 9.84 Å². The van der Waals surface area contributed by atoms with Crippen LogP contribution in [0.2, 0.25) is 0 Å². The zero-order chi connectivity index (χ0) is 12.4. The number of nitrogens with zero attached hydrogens (tertiary/aromatic N) is 2. The van der Waals surface area contributed by atoms with Gasteiger partial charge in [0.15, 0.2) is 0 Å². The summed E-state index contributed by atoms with van der Waals surface area (Å²) in [5.41, 5.74) is 0. The second-order valence-corrected chi connectivity index (χ2v) is 5.58. The molecule has 1 aliphatic rings. The molecule has 0 radical (unpaired) electrons. The Kier molecular flexibility index (Phi) is 3.43. The average molecular weight is 263 g/mol. The van der Waals surface area contributed by atoms with Gasteiger partial charge in [-0.1, -0.05) is 24.6 Å². The molecule has 0 saturated heterocycles. The largest absolute Gasteiger partial charge is 0.339 e. The van der Waals surface area contributed by atoms with Gasteiger partial charge >= 0.3 is 0 Å². The Morgan fingerprint density at radius 3 is 3.22 bits per heavy atom. The predicted octanol–water partition coefficient (Wildman–Crippen LogP) is 3.04. The molecule has 2 aromatic rings. The molecule has 2 atom stereocenters. The molecule has 4 nitrogen and oxygen atoms in total. The first-order valence-corrected chi connectivity index (χ1v) is 7.37. The fourth-order valence-corrected chi connectivity index (χ4v) is 3.30. The van der Waals surface area contributed by atoms with E-state index in [1.54, 1.807) is 11.3 Å². The van der Waals surface area contributed by atoms with Crippen LogP contribution in [0.1, 0.15) is 38.0 Å². The first kappa shape index (κ1) is 11.9. The lowest BCUT2D eigenvalue weighted by atomic mass is 10.0. The zero-order valence-corrected chi connectivity index (χ0v) is 11.2. The maximum atomic E-state index is 5.45. The number of likely N-dealkylation sites (N-methyl/N-ethyl adjacent to an activating group) is 1. The van der Waals surface area contributed by atoms with Crippen molar-refractivity contribution in [2.24, 2.45) is 0 Å². The third kappa shape index (κ3) is 2.20. The Balaban J connectivity index is 1.80. The van der Waals surface area contributed by atoms with Gasteiger partial charge in [-0.2, -0.15) is 4.98 Å². The molecule has 3 rings (SSSR count). The minimum absolute atomic E-state index is 0.381. The highest BCUT2D eigenvalue weighted by Gasteiger charge is 2.32. The molecule has 0 amide bonds. The number of hydrogen-bond acceptors (Lipinski definition) is 5. The van der Waals surface area contributed by atoms with Crippen LogP contribution in [0, 0.1) is 0 Å². The van der Waals surface area contributed by atoms with Crippen LogP contribution in [0.15, 0.2) is 22.0 Å². The Morgan fingerprint density at radius 1 is 1.50 bits per heavy atom. The van der Waals surface area contributed by atoms with E-state index in [-0.39, 0.29) is 0 Å². The minimum Gasteiger partial charge on any atom is -0.339 e. The quantitative estimate of drug-likeness (QED) is 0.921. The molecule has 0 aliphatic heterocycles. The van der Waals surface area contributed by atoms with Gasteiger partial charge in [-0.25, -0.2) is 0 Å². The molecule has 1 aliphatic carbocycles. The third-order valence-corrected chi connectivity index (χ3v) is 4.35. The fraction of sp³-hybridized carbons (Fsp3) is 0.538. The molecule has 0 aromatic carbocycles. The molecular formula is C13H17N3OS. The van der Waals surface area contributed by atoms with Crippen LogP contribution in [0.25, 0.3) is 10.7 Å². The van der Waals surface area contributed by atoms with E-state index in [9.17, 15) is 0 Å². The number of hydrogen-bond donors (Lipinski definition) is 1. The lowest BCUT2D eigenvalue weighted by Crippen LogP contribution is -2.31.